The monoisotopic (exact) mass is 583 g/mol. The van der Waals surface area contributed by atoms with Crippen LogP contribution >= 0.6 is 0 Å². The first-order valence-corrected chi connectivity index (χ1v) is 15.5. The zero-order chi connectivity index (χ0) is 30.0. The maximum atomic E-state index is 12.3. The summed E-state index contributed by atoms with van der Waals surface area (Å²) < 4.78 is 13.4. The molecule has 5 rings (SSSR count). The molecule has 0 spiro atoms. The van der Waals surface area contributed by atoms with Crippen molar-refractivity contribution in [3.8, 4) is 0 Å². The van der Waals surface area contributed by atoms with E-state index in [1.807, 2.05) is 72.8 Å². The van der Waals surface area contributed by atoms with Crippen LogP contribution in [0, 0.1) is 5.92 Å². The predicted octanol–water partition coefficient (Wildman–Crippen LogP) is 6.40. The quantitative estimate of drug-likeness (QED) is 0.215. The molecule has 228 valence electrons. The smallest absolute Gasteiger partial charge is 0.315 e. The average Bonchev–Trinajstić information content (AvgIpc) is 3.59. The number of aliphatic hydroxyl groups is 1. The second kappa shape index (κ2) is 15.3. The van der Waals surface area contributed by atoms with Crippen LogP contribution in [0.5, 0.6) is 0 Å². The molecule has 2 fully saturated rings. The number of benzene rings is 3. The van der Waals surface area contributed by atoms with Gasteiger partial charge in [-0.2, -0.15) is 0 Å². The number of nitrogens with one attached hydrogen (secondary N) is 2. The molecule has 7 nitrogen and oxygen atoms in total. The summed E-state index contributed by atoms with van der Waals surface area (Å²) in [6.45, 7) is 8.83. The van der Waals surface area contributed by atoms with Crippen molar-refractivity contribution in [3.05, 3.63) is 119 Å². The van der Waals surface area contributed by atoms with Crippen molar-refractivity contribution in [1.82, 2.24) is 15.5 Å². The van der Waals surface area contributed by atoms with Crippen molar-refractivity contribution < 1.29 is 19.4 Å². The Morgan fingerprint density at radius 1 is 0.884 bits per heavy atom. The van der Waals surface area contributed by atoms with Crippen LogP contribution in [0.25, 0.3) is 0 Å². The Morgan fingerprint density at radius 3 is 2.12 bits per heavy atom. The van der Waals surface area contributed by atoms with E-state index in [4.69, 9.17) is 9.47 Å². The first-order chi connectivity index (χ1) is 21.0. The Morgan fingerprint density at radius 2 is 1.49 bits per heavy atom. The van der Waals surface area contributed by atoms with E-state index in [9.17, 15) is 9.90 Å². The van der Waals surface area contributed by atoms with E-state index >= 15 is 0 Å². The number of ether oxygens (including phenoxy) is 2. The minimum atomic E-state index is -0.519. The highest BCUT2D eigenvalue weighted by Crippen LogP contribution is 2.42. The summed E-state index contributed by atoms with van der Waals surface area (Å²) in [7, 11) is 0. The molecule has 0 aromatic heterocycles. The second-order valence-electron chi connectivity index (χ2n) is 11.8. The van der Waals surface area contributed by atoms with E-state index in [0.29, 0.717) is 19.1 Å². The molecule has 1 aliphatic heterocycles. The molecule has 0 unspecified atom stereocenters. The number of carbonyl (C=O) groups excluding carboxylic acids is 1. The first kappa shape index (κ1) is 31.0. The van der Waals surface area contributed by atoms with Crippen LogP contribution in [0.3, 0.4) is 0 Å². The highest BCUT2D eigenvalue weighted by molar-refractivity contribution is 5.73. The SMILES string of the molecule is C=CCN(C[C@@H]1O[C@H](c2ccc(CNC(=O)NCc3ccccc3)cc2)O[C@H](c2ccc(CO)cc2)[C@@H]1C)C1CCCC1. The zero-order valence-electron chi connectivity index (χ0n) is 25.2. The van der Waals surface area contributed by atoms with Gasteiger partial charge in [0.05, 0.1) is 18.8 Å². The Bertz CT molecular complexity index is 1290. The Labute approximate surface area is 255 Å². The zero-order valence-corrected chi connectivity index (χ0v) is 25.2. The lowest BCUT2D eigenvalue weighted by Crippen LogP contribution is -2.47. The predicted molar refractivity (Wildman–Crippen MR) is 169 cm³/mol. The average molecular weight is 584 g/mol. The van der Waals surface area contributed by atoms with Crippen LogP contribution in [0.1, 0.15) is 72.8 Å². The molecule has 4 atom stereocenters. The minimum Gasteiger partial charge on any atom is -0.392 e. The van der Waals surface area contributed by atoms with E-state index in [-0.39, 0.29) is 30.8 Å². The third-order valence-electron chi connectivity index (χ3n) is 8.74. The fourth-order valence-corrected chi connectivity index (χ4v) is 6.18. The summed E-state index contributed by atoms with van der Waals surface area (Å²) in [5.74, 6) is 0.128. The fourth-order valence-electron chi connectivity index (χ4n) is 6.18. The molecule has 1 heterocycles. The molecule has 43 heavy (non-hydrogen) atoms. The van der Waals surface area contributed by atoms with Crippen LogP contribution < -0.4 is 10.6 Å². The number of rotatable bonds is 12. The molecule has 2 amide bonds. The van der Waals surface area contributed by atoms with E-state index < -0.39 is 6.29 Å². The van der Waals surface area contributed by atoms with Crippen molar-refractivity contribution in [2.24, 2.45) is 5.92 Å². The van der Waals surface area contributed by atoms with Gasteiger partial charge >= 0.3 is 6.03 Å². The van der Waals surface area contributed by atoms with Gasteiger partial charge in [-0.05, 0) is 35.1 Å². The van der Waals surface area contributed by atoms with Gasteiger partial charge in [0.1, 0.15) is 0 Å². The summed E-state index contributed by atoms with van der Waals surface area (Å²) in [5.41, 5.74) is 4.96. The number of carbonyl (C=O) groups is 1. The normalized spacial score (nSPS) is 22.4. The van der Waals surface area contributed by atoms with Gasteiger partial charge in [0.25, 0.3) is 0 Å². The molecule has 3 aromatic rings. The highest BCUT2D eigenvalue weighted by atomic mass is 16.7. The lowest BCUT2D eigenvalue weighted by Gasteiger charge is -2.43. The third kappa shape index (κ3) is 8.33. The lowest BCUT2D eigenvalue weighted by atomic mass is 9.89. The van der Waals surface area contributed by atoms with Gasteiger partial charge in [-0.1, -0.05) is 105 Å². The van der Waals surface area contributed by atoms with Crippen LogP contribution in [0.4, 0.5) is 4.79 Å². The maximum Gasteiger partial charge on any atom is 0.315 e. The molecule has 1 saturated carbocycles. The van der Waals surface area contributed by atoms with Crippen LogP contribution in [-0.2, 0) is 29.2 Å². The van der Waals surface area contributed by atoms with Crippen LogP contribution in [-0.4, -0.2) is 41.3 Å². The van der Waals surface area contributed by atoms with Crippen LogP contribution in [0.2, 0.25) is 0 Å². The van der Waals surface area contributed by atoms with E-state index in [0.717, 1.165) is 40.9 Å². The van der Waals surface area contributed by atoms with Crippen molar-refractivity contribution in [3.63, 3.8) is 0 Å². The standard InChI is InChI=1S/C36H45N3O4/c1-3-21-39(32-11-7-8-12-32)24-33-26(2)34(30-17-15-29(25-40)16-18-30)43-35(42-33)31-19-13-28(14-20-31)23-38-36(41)37-22-27-9-5-4-6-10-27/h3-6,9-10,13-20,26,32-35,40H,1,7-8,11-12,21-25H2,2H3,(H2,37,38,41)/t26-,33+,34+,35+/m1/s1. The van der Waals surface area contributed by atoms with Gasteiger partial charge in [0.2, 0.25) is 0 Å². The first-order valence-electron chi connectivity index (χ1n) is 15.5. The molecule has 7 heteroatoms. The molecule has 3 aromatic carbocycles. The number of aliphatic hydroxyl groups excluding tert-OH is 1. The Balaban J connectivity index is 1.27. The topological polar surface area (TPSA) is 83.1 Å². The molecule has 0 radical (unpaired) electrons. The van der Waals surface area contributed by atoms with Crippen molar-refractivity contribution >= 4 is 6.03 Å². The van der Waals surface area contributed by atoms with Crippen molar-refractivity contribution in [1.29, 1.82) is 0 Å². The summed E-state index contributed by atoms with van der Waals surface area (Å²) in [6, 6.07) is 26.3. The van der Waals surface area contributed by atoms with Gasteiger partial charge < -0.3 is 25.2 Å². The molecule has 3 N–H and O–H groups in total. The number of hydrogen-bond donors (Lipinski definition) is 3. The lowest BCUT2D eigenvalue weighted by molar-refractivity contribution is -0.276. The molecular weight excluding hydrogens is 538 g/mol. The molecule has 1 saturated heterocycles. The van der Waals surface area contributed by atoms with E-state index in [1.54, 1.807) is 0 Å². The number of nitrogens with zero attached hydrogens (tertiary/aromatic N) is 1. The highest BCUT2D eigenvalue weighted by Gasteiger charge is 2.40. The van der Waals surface area contributed by atoms with Crippen molar-refractivity contribution in [2.45, 2.75) is 76.8 Å². The van der Waals surface area contributed by atoms with Crippen LogP contribution in [0.15, 0.2) is 91.5 Å². The van der Waals surface area contributed by atoms with Gasteiger partial charge in [0, 0.05) is 43.7 Å². The van der Waals surface area contributed by atoms with Gasteiger partial charge in [0.15, 0.2) is 6.29 Å². The Hall–Kier alpha value is -3.49. The number of urea groups is 1. The Kier molecular flexibility index (Phi) is 11.0. The third-order valence-corrected chi connectivity index (χ3v) is 8.74. The summed E-state index contributed by atoms with van der Waals surface area (Å²) in [4.78, 5) is 14.9. The van der Waals surface area contributed by atoms with E-state index in [2.05, 4.69) is 41.2 Å². The fraction of sp³-hybridized carbons (Fsp3) is 0.417. The second-order valence-corrected chi connectivity index (χ2v) is 11.8. The molecule has 1 aliphatic carbocycles. The number of amides is 2. The van der Waals surface area contributed by atoms with Crippen molar-refractivity contribution in [2.75, 3.05) is 13.1 Å². The molecule has 0 bridgehead atoms. The van der Waals surface area contributed by atoms with Gasteiger partial charge in [-0.25, -0.2) is 4.79 Å². The summed E-state index contributed by atoms with van der Waals surface area (Å²) in [6.07, 6.45) is 6.30. The minimum absolute atomic E-state index is 0.0174. The van der Waals surface area contributed by atoms with E-state index in [1.165, 1.54) is 25.7 Å². The molecular formula is C36H45N3O4. The summed E-state index contributed by atoms with van der Waals surface area (Å²) in [5, 5.41) is 15.4. The van der Waals surface area contributed by atoms with Gasteiger partial charge in [-0.15, -0.1) is 6.58 Å². The maximum absolute atomic E-state index is 12.3. The van der Waals surface area contributed by atoms with Gasteiger partial charge in [-0.3, -0.25) is 4.90 Å². The molecule has 2 aliphatic rings. The number of hydrogen-bond acceptors (Lipinski definition) is 5. The summed E-state index contributed by atoms with van der Waals surface area (Å²) >= 11 is 0. The largest absolute Gasteiger partial charge is 0.392 e.